The molecule has 0 saturated heterocycles. The van der Waals surface area contributed by atoms with Crippen molar-refractivity contribution in [3.8, 4) is 11.5 Å². The average molecular weight is 422 g/mol. The van der Waals surface area contributed by atoms with E-state index < -0.39 is 12.5 Å². The van der Waals surface area contributed by atoms with E-state index in [1.165, 1.54) is 22.9 Å². The van der Waals surface area contributed by atoms with Crippen LogP contribution in [0.3, 0.4) is 0 Å². The monoisotopic (exact) mass is 421 g/mol. The number of halogens is 3. The lowest BCUT2D eigenvalue weighted by Crippen LogP contribution is -2.15. The van der Waals surface area contributed by atoms with Gasteiger partial charge < -0.3 is 14.8 Å². The van der Waals surface area contributed by atoms with Gasteiger partial charge in [-0.3, -0.25) is 4.79 Å². The summed E-state index contributed by atoms with van der Waals surface area (Å²) in [5, 5.41) is 7.50. The van der Waals surface area contributed by atoms with E-state index in [1.807, 2.05) is 6.92 Å². The first-order valence-corrected chi connectivity index (χ1v) is 8.99. The molecular weight excluding hydrogens is 404 g/mol. The Hall–Kier alpha value is -3.13. The highest BCUT2D eigenvalue weighted by Gasteiger charge is 2.13. The molecule has 0 aliphatic rings. The molecule has 2 aromatic carbocycles. The van der Waals surface area contributed by atoms with Crippen LogP contribution >= 0.6 is 11.6 Å². The van der Waals surface area contributed by atoms with Gasteiger partial charge in [0.1, 0.15) is 11.5 Å². The molecule has 0 aliphatic carbocycles. The third kappa shape index (κ3) is 5.45. The maximum absolute atomic E-state index is 12.4. The van der Waals surface area contributed by atoms with Crippen molar-refractivity contribution in [2.24, 2.45) is 0 Å². The number of rotatable bonds is 7. The number of nitrogens with zero attached hydrogens (tertiary/aromatic N) is 2. The van der Waals surface area contributed by atoms with Gasteiger partial charge in [0.05, 0.1) is 0 Å². The largest absolute Gasteiger partial charge is 0.471 e. The highest BCUT2D eigenvalue weighted by molar-refractivity contribution is 6.30. The van der Waals surface area contributed by atoms with Crippen molar-refractivity contribution in [2.75, 3.05) is 5.32 Å². The predicted molar refractivity (Wildman–Crippen MR) is 105 cm³/mol. The normalized spacial score (nSPS) is 10.8. The van der Waals surface area contributed by atoms with Crippen LogP contribution in [0.15, 0.2) is 48.7 Å². The van der Waals surface area contributed by atoms with E-state index in [-0.39, 0.29) is 18.2 Å². The Morgan fingerprint density at radius 3 is 2.66 bits per heavy atom. The lowest BCUT2D eigenvalue weighted by Gasteiger charge is -2.10. The number of amides is 1. The predicted octanol–water partition coefficient (Wildman–Crippen LogP) is 5.04. The maximum atomic E-state index is 12.4. The molecule has 0 aliphatic heterocycles. The molecule has 152 valence electrons. The Bertz CT molecular complexity index is 1020. The molecule has 0 unspecified atom stereocenters. The Labute approximate surface area is 171 Å². The van der Waals surface area contributed by atoms with Crippen molar-refractivity contribution in [3.05, 3.63) is 70.5 Å². The summed E-state index contributed by atoms with van der Waals surface area (Å²) in [6.07, 6.45) is 1.62. The first-order valence-electron chi connectivity index (χ1n) is 8.61. The summed E-state index contributed by atoms with van der Waals surface area (Å²) >= 11 is 5.92. The second-order valence-corrected chi connectivity index (χ2v) is 6.67. The molecule has 1 aromatic heterocycles. The number of anilines is 1. The summed E-state index contributed by atoms with van der Waals surface area (Å²) in [5.74, 6) is 0.254. The van der Waals surface area contributed by atoms with Crippen molar-refractivity contribution in [1.29, 1.82) is 0 Å². The van der Waals surface area contributed by atoms with Crippen LogP contribution < -0.4 is 14.8 Å². The molecule has 0 bridgehead atoms. The molecule has 0 atom stereocenters. The molecule has 6 nitrogen and oxygen atoms in total. The van der Waals surface area contributed by atoms with Crippen LogP contribution in [0.25, 0.3) is 0 Å². The number of hydrogen-bond acceptors (Lipinski definition) is 4. The number of nitrogens with one attached hydrogen (secondary N) is 1. The number of hydrogen-bond donors (Lipinski definition) is 1. The zero-order valence-corrected chi connectivity index (χ0v) is 16.4. The van der Waals surface area contributed by atoms with Gasteiger partial charge in [-0.2, -0.15) is 13.9 Å². The number of aromatic nitrogens is 2. The van der Waals surface area contributed by atoms with Crippen molar-refractivity contribution in [2.45, 2.75) is 27.2 Å². The molecular formula is C20H18ClF2N3O3. The molecule has 3 aromatic rings. The lowest BCUT2D eigenvalue weighted by molar-refractivity contribution is -0.0498. The van der Waals surface area contributed by atoms with Crippen molar-refractivity contribution < 1.29 is 23.0 Å². The Morgan fingerprint density at radius 1 is 1.17 bits per heavy atom. The lowest BCUT2D eigenvalue weighted by atomic mass is 10.2. The molecule has 0 radical (unpaired) electrons. The highest BCUT2D eigenvalue weighted by Crippen LogP contribution is 2.24. The van der Waals surface area contributed by atoms with Crippen molar-refractivity contribution in [1.82, 2.24) is 9.78 Å². The van der Waals surface area contributed by atoms with Crippen molar-refractivity contribution in [3.63, 3.8) is 0 Å². The van der Waals surface area contributed by atoms with Gasteiger partial charge in [0.25, 0.3) is 5.91 Å². The Kier molecular flexibility index (Phi) is 6.33. The van der Waals surface area contributed by atoms with Gasteiger partial charge in [-0.05, 0) is 67.4 Å². The summed E-state index contributed by atoms with van der Waals surface area (Å²) in [7, 11) is 0. The zero-order chi connectivity index (χ0) is 21.0. The van der Waals surface area contributed by atoms with Gasteiger partial charge >= 0.3 is 6.61 Å². The van der Waals surface area contributed by atoms with E-state index in [0.29, 0.717) is 22.0 Å². The molecule has 29 heavy (non-hydrogen) atoms. The standard InChI is InChI=1S/C20H18ClF2N3O3/c1-12-10-15(29-20(22)23)4-5-16(12)24-19(27)17-7-8-26(25-17)11-28-18-6-3-14(21)9-13(18)2/h3-10,20H,11H2,1-2H3,(H,24,27). The van der Waals surface area contributed by atoms with Crippen LogP contribution in [0.4, 0.5) is 14.5 Å². The van der Waals surface area contributed by atoms with Gasteiger partial charge in [-0.15, -0.1) is 0 Å². The summed E-state index contributed by atoms with van der Waals surface area (Å²) < 4.78 is 36.1. The topological polar surface area (TPSA) is 65.4 Å². The molecule has 9 heteroatoms. The van der Waals surface area contributed by atoms with E-state index in [1.54, 1.807) is 37.4 Å². The molecule has 0 saturated carbocycles. The van der Waals surface area contributed by atoms with E-state index in [4.69, 9.17) is 16.3 Å². The van der Waals surface area contributed by atoms with Gasteiger partial charge in [0, 0.05) is 16.9 Å². The number of benzene rings is 2. The summed E-state index contributed by atoms with van der Waals surface area (Å²) in [6.45, 7) is 0.768. The highest BCUT2D eigenvalue weighted by atomic mass is 35.5. The van der Waals surface area contributed by atoms with Crippen LogP contribution in [-0.4, -0.2) is 22.3 Å². The Balaban J connectivity index is 1.62. The first-order chi connectivity index (χ1) is 13.8. The zero-order valence-electron chi connectivity index (χ0n) is 15.7. The van der Waals surface area contributed by atoms with Crippen LogP contribution in [0, 0.1) is 13.8 Å². The minimum Gasteiger partial charge on any atom is -0.471 e. The van der Waals surface area contributed by atoms with E-state index in [2.05, 4.69) is 15.2 Å². The SMILES string of the molecule is Cc1cc(OC(F)F)ccc1NC(=O)c1ccn(COc2ccc(Cl)cc2C)n1. The molecule has 0 fully saturated rings. The summed E-state index contributed by atoms with van der Waals surface area (Å²) in [6, 6.07) is 11.1. The van der Waals surface area contributed by atoms with E-state index in [9.17, 15) is 13.6 Å². The van der Waals surface area contributed by atoms with Crippen LogP contribution in [-0.2, 0) is 6.73 Å². The summed E-state index contributed by atoms with van der Waals surface area (Å²) in [4.78, 5) is 12.4. The smallest absolute Gasteiger partial charge is 0.387 e. The fourth-order valence-electron chi connectivity index (χ4n) is 2.60. The molecule has 0 spiro atoms. The average Bonchev–Trinajstić information content (AvgIpc) is 3.12. The van der Waals surface area contributed by atoms with E-state index in [0.717, 1.165) is 5.56 Å². The summed E-state index contributed by atoms with van der Waals surface area (Å²) in [5.41, 5.74) is 2.13. The number of alkyl halides is 2. The fourth-order valence-corrected chi connectivity index (χ4v) is 2.83. The minimum absolute atomic E-state index is 0.0226. The van der Waals surface area contributed by atoms with E-state index >= 15 is 0 Å². The third-order valence-electron chi connectivity index (χ3n) is 4.03. The molecule has 1 heterocycles. The number of ether oxygens (including phenoxy) is 2. The van der Waals surface area contributed by atoms with Gasteiger partial charge in [0.15, 0.2) is 12.4 Å². The number of aryl methyl sites for hydroxylation is 2. The second kappa shape index (κ2) is 8.91. The molecule has 1 amide bonds. The van der Waals surface area contributed by atoms with Crippen molar-refractivity contribution >= 4 is 23.2 Å². The van der Waals surface area contributed by atoms with Gasteiger partial charge in [0.2, 0.25) is 0 Å². The Morgan fingerprint density at radius 2 is 1.97 bits per heavy atom. The van der Waals surface area contributed by atoms with Crippen LogP contribution in [0.1, 0.15) is 21.6 Å². The van der Waals surface area contributed by atoms with Crippen LogP contribution in [0.2, 0.25) is 5.02 Å². The minimum atomic E-state index is -2.90. The van der Waals surface area contributed by atoms with Gasteiger partial charge in [-0.25, -0.2) is 4.68 Å². The molecule has 1 N–H and O–H groups in total. The number of carbonyl (C=O) groups excluding carboxylic acids is 1. The third-order valence-corrected chi connectivity index (χ3v) is 4.27. The maximum Gasteiger partial charge on any atom is 0.387 e. The van der Waals surface area contributed by atoms with Gasteiger partial charge in [-0.1, -0.05) is 11.6 Å². The second-order valence-electron chi connectivity index (χ2n) is 6.23. The van der Waals surface area contributed by atoms with Crippen LogP contribution in [0.5, 0.6) is 11.5 Å². The fraction of sp³-hybridized carbons (Fsp3) is 0.200. The number of carbonyl (C=O) groups is 1. The quantitative estimate of drug-likeness (QED) is 0.580. The molecule has 3 rings (SSSR count). The first kappa shape index (κ1) is 20.6.